The maximum absolute atomic E-state index is 6.09. The number of nitrogen functional groups attached to an aromatic ring is 1. The Bertz CT molecular complexity index is 441. The second-order valence-electron chi connectivity index (χ2n) is 6.19. The lowest BCUT2D eigenvalue weighted by Gasteiger charge is -2.48. The summed E-state index contributed by atoms with van der Waals surface area (Å²) in [5.41, 5.74) is 7.44. The van der Waals surface area contributed by atoms with Crippen LogP contribution < -0.4 is 10.6 Å². The summed E-state index contributed by atoms with van der Waals surface area (Å²) in [6.45, 7) is 10.3. The van der Waals surface area contributed by atoms with Crippen LogP contribution in [-0.4, -0.2) is 24.3 Å². The van der Waals surface area contributed by atoms with Gasteiger partial charge in [0.2, 0.25) is 0 Å². The van der Waals surface area contributed by atoms with Gasteiger partial charge in [0.25, 0.3) is 0 Å². The number of nitrogens with two attached hydrogens (primary N) is 1. The number of hydrogen-bond acceptors (Lipinski definition) is 3. The minimum Gasteiger partial charge on any atom is -0.399 e. The molecule has 1 aliphatic rings. The van der Waals surface area contributed by atoms with Crippen molar-refractivity contribution in [3.63, 3.8) is 0 Å². The normalized spacial score (nSPS) is 21.9. The third kappa shape index (κ3) is 2.98. The Morgan fingerprint density at radius 1 is 1.17 bits per heavy atom. The number of nitrogens with zero attached hydrogens (tertiary/aromatic N) is 1. The minimum atomic E-state index is -0.150. The summed E-state index contributed by atoms with van der Waals surface area (Å²) in [4.78, 5) is 2.35. The van der Waals surface area contributed by atoms with Crippen LogP contribution in [0.1, 0.15) is 27.7 Å². The van der Waals surface area contributed by atoms with Crippen LogP contribution in [0.25, 0.3) is 0 Å². The highest BCUT2D eigenvalue weighted by atomic mass is 79.9. The van der Waals surface area contributed by atoms with Gasteiger partial charge in [-0.25, -0.2) is 0 Å². The maximum Gasteiger partial charge on any atom is 0.0808 e. The van der Waals surface area contributed by atoms with Crippen LogP contribution in [0.3, 0.4) is 0 Å². The maximum atomic E-state index is 6.09. The molecule has 0 aliphatic carbocycles. The van der Waals surface area contributed by atoms with Crippen LogP contribution in [0.15, 0.2) is 22.7 Å². The lowest BCUT2D eigenvalue weighted by molar-refractivity contribution is -0.133. The third-order valence-electron chi connectivity index (χ3n) is 3.01. The van der Waals surface area contributed by atoms with Crippen molar-refractivity contribution in [1.29, 1.82) is 0 Å². The highest BCUT2D eigenvalue weighted by Gasteiger charge is 2.38. The summed E-state index contributed by atoms with van der Waals surface area (Å²) in [7, 11) is 0. The predicted octanol–water partition coefficient (Wildman–Crippen LogP) is 3.43. The molecule has 0 amide bonds. The van der Waals surface area contributed by atoms with E-state index in [1.807, 2.05) is 12.1 Å². The molecule has 0 radical (unpaired) electrons. The van der Waals surface area contributed by atoms with Gasteiger partial charge < -0.3 is 15.4 Å². The van der Waals surface area contributed by atoms with Gasteiger partial charge in [0.1, 0.15) is 0 Å². The average molecular weight is 313 g/mol. The molecule has 1 fully saturated rings. The second-order valence-corrected chi connectivity index (χ2v) is 7.04. The number of halogens is 1. The van der Waals surface area contributed by atoms with Gasteiger partial charge in [-0.1, -0.05) is 0 Å². The van der Waals surface area contributed by atoms with Crippen molar-refractivity contribution >= 4 is 27.3 Å². The fourth-order valence-corrected chi connectivity index (χ4v) is 3.38. The van der Waals surface area contributed by atoms with E-state index in [9.17, 15) is 0 Å². The van der Waals surface area contributed by atoms with Crippen LogP contribution in [0.4, 0.5) is 11.4 Å². The average Bonchev–Trinajstić information content (AvgIpc) is 2.11. The highest BCUT2D eigenvalue weighted by molar-refractivity contribution is 9.10. The first-order valence-corrected chi connectivity index (χ1v) is 6.98. The van der Waals surface area contributed by atoms with E-state index >= 15 is 0 Å². The molecule has 1 aromatic carbocycles. The van der Waals surface area contributed by atoms with Crippen LogP contribution in [0, 0.1) is 0 Å². The van der Waals surface area contributed by atoms with Crippen LogP contribution in [0.5, 0.6) is 0 Å². The van der Waals surface area contributed by atoms with Crippen molar-refractivity contribution in [1.82, 2.24) is 0 Å². The Morgan fingerprint density at radius 3 is 2.22 bits per heavy atom. The second kappa shape index (κ2) is 4.42. The van der Waals surface area contributed by atoms with Gasteiger partial charge in [0.15, 0.2) is 0 Å². The highest BCUT2D eigenvalue weighted by Crippen LogP contribution is 2.35. The zero-order valence-corrected chi connectivity index (χ0v) is 13.0. The molecular formula is C14H21BrN2O. The van der Waals surface area contributed by atoms with E-state index in [4.69, 9.17) is 10.5 Å². The molecule has 1 saturated heterocycles. The van der Waals surface area contributed by atoms with Crippen molar-refractivity contribution < 1.29 is 4.74 Å². The summed E-state index contributed by atoms with van der Waals surface area (Å²) in [6.07, 6.45) is 0. The number of anilines is 2. The van der Waals surface area contributed by atoms with E-state index in [2.05, 4.69) is 54.6 Å². The van der Waals surface area contributed by atoms with Crippen molar-refractivity contribution in [2.75, 3.05) is 23.7 Å². The Balaban J connectivity index is 2.32. The van der Waals surface area contributed by atoms with Gasteiger partial charge in [-0.2, -0.15) is 0 Å². The molecule has 3 nitrogen and oxygen atoms in total. The van der Waals surface area contributed by atoms with Gasteiger partial charge >= 0.3 is 0 Å². The zero-order valence-electron chi connectivity index (χ0n) is 11.5. The molecule has 1 aliphatic heterocycles. The predicted molar refractivity (Wildman–Crippen MR) is 80.0 cm³/mol. The molecule has 0 saturated carbocycles. The largest absolute Gasteiger partial charge is 0.399 e. The lowest BCUT2D eigenvalue weighted by Crippen LogP contribution is -2.57. The van der Waals surface area contributed by atoms with Gasteiger partial charge in [-0.05, 0) is 61.8 Å². The fraction of sp³-hybridized carbons (Fsp3) is 0.571. The SMILES string of the molecule is CC1(C)CN(c2ccc(N)cc2Br)CC(C)(C)O1. The van der Waals surface area contributed by atoms with E-state index in [1.54, 1.807) is 0 Å². The molecule has 0 atom stereocenters. The van der Waals surface area contributed by atoms with Crippen LogP contribution in [-0.2, 0) is 4.74 Å². The molecular weight excluding hydrogens is 292 g/mol. The topological polar surface area (TPSA) is 38.5 Å². The number of rotatable bonds is 1. The summed E-state index contributed by atoms with van der Waals surface area (Å²) in [6, 6.07) is 5.96. The molecule has 4 heteroatoms. The van der Waals surface area contributed by atoms with Crippen molar-refractivity contribution in [2.24, 2.45) is 0 Å². The molecule has 0 aromatic heterocycles. The molecule has 18 heavy (non-hydrogen) atoms. The Morgan fingerprint density at radius 2 is 1.72 bits per heavy atom. The number of hydrogen-bond donors (Lipinski definition) is 1. The van der Waals surface area contributed by atoms with E-state index < -0.39 is 0 Å². The van der Waals surface area contributed by atoms with Gasteiger partial charge in [0.05, 0.1) is 16.9 Å². The number of benzene rings is 1. The van der Waals surface area contributed by atoms with Crippen LogP contribution >= 0.6 is 15.9 Å². The third-order valence-corrected chi connectivity index (χ3v) is 3.64. The molecule has 0 spiro atoms. The van der Waals surface area contributed by atoms with E-state index in [0.717, 1.165) is 23.2 Å². The van der Waals surface area contributed by atoms with Crippen molar-refractivity contribution in [3.8, 4) is 0 Å². The smallest absolute Gasteiger partial charge is 0.0808 e. The summed E-state index contributed by atoms with van der Waals surface area (Å²) in [5.74, 6) is 0. The Hall–Kier alpha value is -0.740. The van der Waals surface area contributed by atoms with Crippen molar-refractivity contribution in [2.45, 2.75) is 38.9 Å². The molecule has 100 valence electrons. The van der Waals surface area contributed by atoms with Crippen LogP contribution in [0.2, 0.25) is 0 Å². The Kier molecular flexibility index (Phi) is 3.36. The monoisotopic (exact) mass is 312 g/mol. The summed E-state index contributed by atoms with van der Waals surface area (Å²) in [5, 5.41) is 0. The lowest BCUT2D eigenvalue weighted by atomic mass is 9.98. The summed E-state index contributed by atoms with van der Waals surface area (Å²) < 4.78 is 7.13. The van der Waals surface area contributed by atoms with Gasteiger partial charge in [-0.15, -0.1) is 0 Å². The minimum absolute atomic E-state index is 0.150. The zero-order chi connectivity index (χ0) is 13.6. The Labute approximate surface area is 117 Å². The van der Waals surface area contributed by atoms with E-state index in [0.29, 0.717) is 0 Å². The fourth-order valence-electron chi connectivity index (χ4n) is 2.74. The molecule has 0 unspecified atom stereocenters. The molecule has 1 aromatic rings. The quantitative estimate of drug-likeness (QED) is 0.807. The molecule has 2 N–H and O–H groups in total. The molecule has 0 bridgehead atoms. The number of morpholine rings is 1. The van der Waals surface area contributed by atoms with Gasteiger partial charge in [0, 0.05) is 23.2 Å². The standard InChI is InChI=1S/C14H21BrN2O/c1-13(2)8-17(9-14(3,4)18-13)12-6-5-10(16)7-11(12)15/h5-7H,8-9,16H2,1-4H3. The first-order chi connectivity index (χ1) is 8.19. The number of ether oxygens (including phenoxy) is 1. The van der Waals surface area contributed by atoms with Crippen molar-refractivity contribution in [3.05, 3.63) is 22.7 Å². The molecule has 2 rings (SSSR count). The first kappa shape index (κ1) is 13.7. The van der Waals surface area contributed by atoms with Gasteiger partial charge in [-0.3, -0.25) is 0 Å². The van der Waals surface area contributed by atoms with E-state index in [-0.39, 0.29) is 11.2 Å². The van der Waals surface area contributed by atoms with E-state index in [1.165, 1.54) is 5.69 Å². The first-order valence-electron chi connectivity index (χ1n) is 6.19. The summed E-state index contributed by atoms with van der Waals surface area (Å²) >= 11 is 3.60. The molecule has 1 heterocycles.